The molecule has 6 nitrogen and oxygen atoms in total. The minimum Gasteiger partial charge on any atom is -0.484 e. The van der Waals surface area contributed by atoms with Crippen LogP contribution in [-0.4, -0.2) is 38.1 Å². The zero-order chi connectivity index (χ0) is 23.0. The van der Waals surface area contributed by atoms with Crippen molar-refractivity contribution in [2.45, 2.75) is 52.4 Å². The Hall–Kier alpha value is -3.02. The second kappa shape index (κ2) is 14.9. The molecule has 2 rings (SSSR count). The van der Waals surface area contributed by atoms with E-state index in [0.29, 0.717) is 24.6 Å². The average molecular weight is 441 g/mol. The van der Waals surface area contributed by atoms with Gasteiger partial charge in [0, 0.05) is 13.1 Å². The number of nitrogens with one attached hydrogen (secondary N) is 2. The predicted molar refractivity (Wildman–Crippen MR) is 127 cm³/mol. The fourth-order valence-electron chi connectivity index (χ4n) is 3.08. The molecule has 0 aromatic heterocycles. The zero-order valence-corrected chi connectivity index (χ0v) is 19.3. The molecule has 0 unspecified atom stereocenters. The van der Waals surface area contributed by atoms with Crippen LogP contribution in [-0.2, 0) is 9.59 Å². The summed E-state index contributed by atoms with van der Waals surface area (Å²) >= 11 is 0. The number of benzene rings is 2. The molecule has 2 N–H and O–H groups in total. The Morgan fingerprint density at radius 3 is 1.31 bits per heavy atom. The van der Waals surface area contributed by atoms with Crippen LogP contribution in [0.25, 0.3) is 0 Å². The topological polar surface area (TPSA) is 76.7 Å². The molecule has 2 aromatic rings. The van der Waals surface area contributed by atoms with E-state index < -0.39 is 0 Å². The first kappa shape index (κ1) is 25.2. The Bertz CT molecular complexity index is 734. The van der Waals surface area contributed by atoms with E-state index in [-0.39, 0.29) is 25.0 Å². The molecule has 0 atom stereocenters. The number of ether oxygens (including phenoxy) is 2. The first-order valence-corrected chi connectivity index (χ1v) is 11.5. The number of carbonyl (C=O) groups excluding carboxylic acids is 2. The van der Waals surface area contributed by atoms with Gasteiger partial charge in [-0.3, -0.25) is 9.59 Å². The number of rotatable bonds is 15. The van der Waals surface area contributed by atoms with Gasteiger partial charge in [-0.15, -0.1) is 0 Å². The van der Waals surface area contributed by atoms with Gasteiger partial charge in [0.2, 0.25) is 0 Å². The summed E-state index contributed by atoms with van der Waals surface area (Å²) < 4.78 is 10.9. The molecule has 0 fully saturated rings. The molecule has 2 amide bonds. The van der Waals surface area contributed by atoms with Gasteiger partial charge in [-0.25, -0.2) is 0 Å². The second-order valence-corrected chi connectivity index (χ2v) is 8.02. The van der Waals surface area contributed by atoms with Gasteiger partial charge < -0.3 is 20.1 Å². The van der Waals surface area contributed by atoms with Crippen LogP contribution in [0.3, 0.4) is 0 Å². The van der Waals surface area contributed by atoms with Crippen molar-refractivity contribution in [2.75, 3.05) is 26.3 Å². The third-order valence-corrected chi connectivity index (χ3v) is 5.03. The van der Waals surface area contributed by atoms with Crippen LogP contribution in [0.15, 0.2) is 48.5 Å². The van der Waals surface area contributed by atoms with Crippen LogP contribution in [0.4, 0.5) is 0 Å². The fraction of sp³-hybridized carbons (Fsp3) is 0.462. The lowest BCUT2D eigenvalue weighted by Crippen LogP contribution is -2.29. The van der Waals surface area contributed by atoms with Crippen molar-refractivity contribution in [3.63, 3.8) is 0 Å². The van der Waals surface area contributed by atoms with Gasteiger partial charge in [0.1, 0.15) is 11.5 Å². The Morgan fingerprint density at radius 2 is 0.938 bits per heavy atom. The van der Waals surface area contributed by atoms with Crippen molar-refractivity contribution in [3.8, 4) is 11.5 Å². The van der Waals surface area contributed by atoms with Crippen molar-refractivity contribution >= 4 is 11.8 Å². The van der Waals surface area contributed by atoms with Gasteiger partial charge in [-0.2, -0.15) is 0 Å². The first-order chi connectivity index (χ1) is 15.5. The number of hydrogen-bond donors (Lipinski definition) is 2. The Balaban J connectivity index is 1.36. The molecule has 6 heteroatoms. The molecule has 0 aliphatic heterocycles. The summed E-state index contributed by atoms with van der Waals surface area (Å²) in [4.78, 5) is 23.6. The van der Waals surface area contributed by atoms with Gasteiger partial charge in [-0.1, -0.05) is 61.1 Å². The number of hydrogen-bond acceptors (Lipinski definition) is 4. The standard InChI is InChI=1S/C26H36N2O4/c1-21-9-13-23(14-10-21)31-19-25(29)27-17-7-5-3-4-6-8-18-28-26(30)20-32-24-15-11-22(2)12-16-24/h9-16H,3-8,17-20H2,1-2H3,(H,27,29)(H,28,30). The maximum absolute atomic E-state index is 11.8. The quantitative estimate of drug-likeness (QED) is 0.404. The van der Waals surface area contributed by atoms with E-state index in [1.165, 1.54) is 0 Å². The lowest BCUT2D eigenvalue weighted by Gasteiger charge is -2.08. The van der Waals surface area contributed by atoms with Crippen molar-refractivity contribution in [1.29, 1.82) is 0 Å². The normalized spacial score (nSPS) is 10.4. The summed E-state index contributed by atoms with van der Waals surface area (Å²) in [6.07, 6.45) is 6.33. The first-order valence-electron chi connectivity index (χ1n) is 11.5. The molecular formula is C26H36N2O4. The van der Waals surface area contributed by atoms with E-state index in [1.54, 1.807) is 0 Å². The molecule has 0 aliphatic carbocycles. The highest BCUT2D eigenvalue weighted by atomic mass is 16.5. The van der Waals surface area contributed by atoms with Gasteiger partial charge in [0.15, 0.2) is 13.2 Å². The molecular weight excluding hydrogens is 404 g/mol. The third kappa shape index (κ3) is 11.4. The van der Waals surface area contributed by atoms with Gasteiger partial charge >= 0.3 is 0 Å². The molecule has 2 aromatic carbocycles. The van der Waals surface area contributed by atoms with E-state index in [4.69, 9.17) is 9.47 Å². The molecule has 0 bridgehead atoms. The van der Waals surface area contributed by atoms with E-state index in [9.17, 15) is 9.59 Å². The molecule has 174 valence electrons. The van der Waals surface area contributed by atoms with Crippen LogP contribution >= 0.6 is 0 Å². The van der Waals surface area contributed by atoms with Crippen LogP contribution in [0.2, 0.25) is 0 Å². The molecule has 0 saturated carbocycles. The molecule has 0 radical (unpaired) electrons. The highest BCUT2D eigenvalue weighted by molar-refractivity contribution is 5.77. The molecule has 0 aliphatic rings. The smallest absolute Gasteiger partial charge is 0.257 e. The van der Waals surface area contributed by atoms with Gasteiger partial charge in [-0.05, 0) is 51.0 Å². The van der Waals surface area contributed by atoms with Crippen LogP contribution < -0.4 is 20.1 Å². The lowest BCUT2D eigenvalue weighted by atomic mass is 10.1. The summed E-state index contributed by atoms with van der Waals surface area (Å²) in [5, 5.41) is 5.78. The highest BCUT2D eigenvalue weighted by Gasteiger charge is 2.03. The number of amides is 2. The van der Waals surface area contributed by atoms with Gasteiger partial charge in [0.05, 0.1) is 0 Å². The largest absolute Gasteiger partial charge is 0.484 e. The van der Waals surface area contributed by atoms with Gasteiger partial charge in [0.25, 0.3) is 11.8 Å². The van der Waals surface area contributed by atoms with Crippen LogP contribution in [0.1, 0.15) is 49.7 Å². The van der Waals surface area contributed by atoms with Crippen LogP contribution in [0, 0.1) is 13.8 Å². The maximum atomic E-state index is 11.8. The van der Waals surface area contributed by atoms with E-state index >= 15 is 0 Å². The third-order valence-electron chi connectivity index (χ3n) is 5.03. The van der Waals surface area contributed by atoms with Crippen molar-refractivity contribution < 1.29 is 19.1 Å². The average Bonchev–Trinajstić information content (AvgIpc) is 2.79. The minimum atomic E-state index is -0.0901. The summed E-state index contributed by atoms with van der Waals surface area (Å²) in [6, 6.07) is 15.3. The fourth-order valence-corrected chi connectivity index (χ4v) is 3.08. The predicted octanol–water partition coefficient (Wildman–Crippen LogP) is 4.33. The summed E-state index contributed by atoms with van der Waals surface area (Å²) in [7, 11) is 0. The van der Waals surface area contributed by atoms with E-state index in [2.05, 4.69) is 10.6 Å². The molecule has 0 saturated heterocycles. The minimum absolute atomic E-state index is 0.0465. The van der Waals surface area contributed by atoms with E-state index in [0.717, 1.165) is 49.7 Å². The van der Waals surface area contributed by atoms with Crippen LogP contribution in [0.5, 0.6) is 11.5 Å². The van der Waals surface area contributed by atoms with Crippen molar-refractivity contribution in [2.24, 2.45) is 0 Å². The molecule has 0 heterocycles. The summed E-state index contributed by atoms with van der Waals surface area (Å²) in [5.74, 6) is 1.24. The maximum Gasteiger partial charge on any atom is 0.257 e. The summed E-state index contributed by atoms with van der Waals surface area (Å²) in [6.45, 7) is 5.47. The monoisotopic (exact) mass is 440 g/mol. The summed E-state index contributed by atoms with van der Waals surface area (Å²) in [5.41, 5.74) is 2.32. The lowest BCUT2D eigenvalue weighted by molar-refractivity contribution is -0.123. The highest BCUT2D eigenvalue weighted by Crippen LogP contribution is 2.12. The SMILES string of the molecule is Cc1ccc(OCC(=O)NCCCCCCCCNC(=O)COc2ccc(C)cc2)cc1. The zero-order valence-electron chi connectivity index (χ0n) is 19.3. The molecule has 0 spiro atoms. The second-order valence-electron chi connectivity index (χ2n) is 8.02. The Morgan fingerprint density at radius 1 is 0.594 bits per heavy atom. The molecule has 32 heavy (non-hydrogen) atoms. The van der Waals surface area contributed by atoms with E-state index in [1.807, 2.05) is 62.4 Å². The number of aryl methyl sites for hydroxylation is 2. The number of unbranched alkanes of at least 4 members (excludes halogenated alkanes) is 5. The van der Waals surface area contributed by atoms with Crippen molar-refractivity contribution in [3.05, 3.63) is 59.7 Å². The Kier molecular flexibility index (Phi) is 11.7. The number of carbonyl (C=O) groups is 2. The van der Waals surface area contributed by atoms with Crippen molar-refractivity contribution in [1.82, 2.24) is 10.6 Å². The Labute approximate surface area is 191 Å².